The molecule has 4 nitrogen and oxygen atoms in total. The summed E-state index contributed by atoms with van der Waals surface area (Å²) in [6.45, 7) is 15.1. The zero-order chi connectivity index (χ0) is 20.6. The van der Waals surface area contributed by atoms with E-state index in [0.717, 1.165) is 25.1 Å². The second kappa shape index (κ2) is 12.1. The van der Waals surface area contributed by atoms with Crippen LogP contribution in [0.4, 0.5) is 10.1 Å². The van der Waals surface area contributed by atoms with Gasteiger partial charge in [-0.1, -0.05) is 19.0 Å². The number of carbonyl (C=O) groups is 1. The summed E-state index contributed by atoms with van der Waals surface area (Å²) in [4.78, 5) is 23.4. The Labute approximate surface area is 180 Å². The van der Waals surface area contributed by atoms with E-state index < -0.39 is 5.82 Å². The summed E-state index contributed by atoms with van der Waals surface area (Å²) in [6.07, 6.45) is 7.21. The van der Waals surface area contributed by atoms with Gasteiger partial charge in [-0.3, -0.25) is 4.79 Å². The monoisotopic (exact) mass is 381 g/mol. The van der Waals surface area contributed by atoms with Gasteiger partial charge in [0.15, 0.2) is 5.78 Å². The molecule has 28 heavy (non-hydrogen) atoms. The van der Waals surface area contributed by atoms with Gasteiger partial charge in [0, 0.05) is 5.69 Å². The van der Waals surface area contributed by atoms with E-state index in [-0.39, 0.29) is 41.9 Å². The zero-order valence-electron chi connectivity index (χ0n) is 17.8. The molecule has 0 bridgehead atoms. The molecular weight excluding hydrogens is 352 g/mol. The van der Waals surface area contributed by atoms with Gasteiger partial charge in [-0.25, -0.2) is 4.39 Å². The molecule has 1 aromatic carbocycles. The van der Waals surface area contributed by atoms with Crippen LogP contribution in [0.5, 0.6) is 0 Å². The van der Waals surface area contributed by atoms with Crippen LogP contribution >= 0.6 is 0 Å². The maximum absolute atomic E-state index is 14.3. The number of ether oxygens (including phenoxy) is 1. The fourth-order valence-corrected chi connectivity index (χ4v) is 2.73. The number of ketones is 1. The van der Waals surface area contributed by atoms with Gasteiger partial charge in [-0.2, -0.15) is 6.42 Å². The topological polar surface area (TPSA) is 46.6 Å². The number of allylic oxidation sites excluding steroid dienone is 2. The van der Waals surface area contributed by atoms with Crippen molar-refractivity contribution in [3.8, 4) is 0 Å². The number of anilines is 1. The molecule has 1 atom stereocenters. The number of nitrogens with zero attached hydrogens (tertiary/aromatic N) is 1. The molecule has 0 N–H and O–H groups in total. The Morgan fingerprint density at radius 3 is 2.50 bits per heavy atom. The number of carbonyl (C=O) groups excluding carboxylic acids is 2. The van der Waals surface area contributed by atoms with Crippen molar-refractivity contribution in [1.29, 1.82) is 0 Å². The molecule has 0 radical (unpaired) electrons. The summed E-state index contributed by atoms with van der Waals surface area (Å²) in [5.41, 5.74) is 1.25. The molecule has 1 saturated heterocycles. The number of aryl methyl sites for hydroxylation is 1. The van der Waals surface area contributed by atoms with Gasteiger partial charge in [-0.05, 0) is 58.4 Å². The molecule has 2 rings (SSSR count). The van der Waals surface area contributed by atoms with Crippen LogP contribution in [0.1, 0.15) is 56.5 Å². The van der Waals surface area contributed by atoms with Crippen LogP contribution in [-0.4, -0.2) is 30.4 Å². The average molecular weight is 381 g/mol. The Morgan fingerprint density at radius 1 is 1.43 bits per heavy atom. The maximum atomic E-state index is 14.3. The first-order valence-corrected chi connectivity index (χ1v) is 9.04. The van der Waals surface area contributed by atoms with Crippen molar-refractivity contribution in [2.45, 2.75) is 59.1 Å². The summed E-state index contributed by atoms with van der Waals surface area (Å²) in [5, 5.41) is 0. The number of piperidine rings is 1. The number of halogens is 1. The van der Waals surface area contributed by atoms with Gasteiger partial charge in [0.2, 0.25) is 0 Å². The third-order valence-corrected chi connectivity index (χ3v) is 3.99. The zero-order valence-corrected chi connectivity index (χ0v) is 17.8. The number of benzene rings is 1. The van der Waals surface area contributed by atoms with Crippen molar-refractivity contribution in [3.63, 3.8) is 0 Å². The minimum atomic E-state index is -0.458. The van der Waals surface area contributed by atoms with E-state index in [1.165, 1.54) is 18.6 Å². The van der Waals surface area contributed by atoms with Gasteiger partial charge >= 0.3 is 18.9 Å². The molecule has 1 aliphatic heterocycles. The van der Waals surface area contributed by atoms with E-state index in [9.17, 15) is 14.0 Å². The van der Waals surface area contributed by atoms with E-state index >= 15 is 0 Å². The molecule has 0 amide bonds. The molecular formula is C22H29FLiNO3-2. The van der Waals surface area contributed by atoms with Crippen LogP contribution in [0.3, 0.4) is 0 Å². The standard InChI is InChI=1S/C17H20FNO.C5H9O2.Li/c1-4-7-16(20)17-12(2)10-14(11-15(17)18)19-9-6-5-8-13(19)3;1-5(2,3)7-4-6;/h4,6-7,10-11,13H,3,5,8-9H2,1-2H3;1-3H3;/q-2;-1;+1/b7-4-;;. The van der Waals surface area contributed by atoms with E-state index in [1.807, 2.05) is 6.07 Å². The average Bonchev–Trinajstić information content (AvgIpc) is 2.54. The van der Waals surface area contributed by atoms with Crippen molar-refractivity contribution < 1.29 is 37.6 Å². The molecule has 150 valence electrons. The first-order valence-electron chi connectivity index (χ1n) is 9.04. The third-order valence-electron chi connectivity index (χ3n) is 3.99. The van der Waals surface area contributed by atoms with Crippen molar-refractivity contribution >= 4 is 17.9 Å². The van der Waals surface area contributed by atoms with Crippen molar-refractivity contribution in [1.82, 2.24) is 0 Å². The predicted octanol–water partition coefficient (Wildman–Crippen LogP) is 1.77. The number of rotatable bonds is 4. The van der Waals surface area contributed by atoms with E-state index in [2.05, 4.69) is 23.0 Å². The minimum Gasteiger partial charge on any atom is -0.649 e. The first kappa shape index (κ1) is 26.4. The molecule has 1 aromatic rings. The van der Waals surface area contributed by atoms with Crippen LogP contribution in [0.2, 0.25) is 0 Å². The van der Waals surface area contributed by atoms with E-state index in [1.54, 1.807) is 40.7 Å². The molecule has 0 spiro atoms. The largest absolute Gasteiger partial charge is 1.00 e. The number of hydrogen-bond acceptors (Lipinski definition) is 4. The Bertz CT molecular complexity index is 660. The summed E-state index contributed by atoms with van der Waals surface area (Å²) in [6, 6.07) is 3.47. The van der Waals surface area contributed by atoms with Gasteiger partial charge in [0.05, 0.1) is 11.2 Å². The van der Waals surface area contributed by atoms with Crippen LogP contribution < -0.4 is 23.8 Å². The predicted molar refractivity (Wildman–Crippen MR) is 107 cm³/mol. The van der Waals surface area contributed by atoms with E-state index in [0.29, 0.717) is 5.56 Å². The summed E-state index contributed by atoms with van der Waals surface area (Å²) in [7, 11) is 0. The van der Waals surface area contributed by atoms with E-state index in [4.69, 9.17) is 0 Å². The van der Waals surface area contributed by atoms with Crippen molar-refractivity contribution in [3.05, 3.63) is 54.6 Å². The normalized spacial score (nSPS) is 16.7. The van der Waals surface area contributed by atoms with Gasteiger partial charge in [0.1, 0.15) is 5.82 Å². The second-order valence-corrected chi connectivity index (χ2v) is 7.45. The Balaban J connectivity index is 0.000000786. The Morgan fingerprint density at radius 2 is 2.07 bits per heavy atom. The van der Waals surface area contributed by atoms with Crippen LogP contribution in [-0.2, 0) is 9.53 Å². The van der Waals surface area contributed by atoms with Gasteiger partial charge in [0.25, 0.3) is 0 Å². The minimum absolute atomic E-state index is 0. The van der Waals surface area contributed by atoms with Crippen LogP contribution in [0.25, 0.3) is 0 Å². The molecule has 1 aliphatic rings. The molecule has 1 heterocycles. The van der Waals surface area contributed by atoms with Crippen LogP contribution in [0.15, 0.2) is 24.3 Å². The van der Waals surface area contributed by atoms with Gasteiger partial charge in [-0.15, -0.1) is 12.6 Å². The van der Waals surface area contributed by atoms with Crippen LogP contribution in [0, 0.1) is 26.1 Å². The molecule has 6 heteroatoms. The summed E-state index contributed by atoms with van der Waals surface area (Å²) >= 11 is 0. The second-order valence-electron chi connectivity index (χ2n) is 7.45. The fourth-order valence-electron chi connectivity index (χ4n) is 2.73. The van der Waals surface area contributed by atoms with Crippen molar-refractivity contribution in [2.75, 3.05) is 11.4 Å². The molecule has 0 aromatic heterocycles. The smallest absolute Gasteiger partial charge is 0.649 e. The molecule has 0 saturated carbocycles. The summed E-state index contributed by atoms with van der Waals surface area (Å²) in [5.74, 6) is -0.744. The Kier molecular flexibility index (Phi) is 11.4. The van der Waals surface area contributed by atoms with Crippen molar-refractivity contribution in [2.24, 2.45) is 0 Å². The number of hydrogen-bond donors (Lipinski definition) is 0. The molecule has 1 fully saturated rings. The molecule has 0 aliphatic carbocycles. The summed E-state index contributed by atoms with van der Waals surface area (Å²) < 4.78 is 18.7. The Hall–Kier alpha value is -1.57. The quantitative estimate of drug-likeness (QED) is 0.345. The fraction of sp³-hybridized carbons (Fsp3) is 0.455. The third kappa shape index (κ3) is 8.20. The maximum Gasteiger partial charge on any atom is 1.00 e. The molecule has 1 unspecified atom stereocenters. The van der Waals surface area contributed by atoms with Gasteiger partial charge < -0.3 is 27.8 Å². The first-order chi connectivity index (χ1) is 12.6. The SMILES string of the molecule is CC(C)(C)O[C-]=O.[CH2-]C1CC[CH-]CN1c1cc(C)c(C(=O)/C=C\C)c(F)c1.[Li+].